The van der Waals surface area contributed by atoms with Gasteiger partial charge in [0.1, 0.15) is 18.0 Å². The molecule has 2 aromatic carbocycles. The predicted octanol–water partition coefficient (Wildman–Crippen LogP) is 4.63. The quantitative estimate of drug-likeness (QED) is 0.568. The van der Waals surface area contributed by atoms with E-state index in [9.17, 15) is 9.18 Å². The number of rotatable bonds is 7. The zero-order valence-electron chi connectivity index (χ0n) is 18.1. The molecule has 0 atom stereocenters. The molecule has 0 radical (unpaired) electrons. The topological polar surface area (TPSA) is 70.2 Å². The second kappa shape index (κ2) is 10.8. The number of nitrogens with one attached hydrogen (secondary N) is 2. The van der Waals surface area contributed by atoms with Crippen LogP contribution in [-0.2, 0) is 0 Å². The second-order valence-electron chi connectivity index (χ2n) is 8.01. The van der Waals surface area contributed by atoms with E-state index in [1.54, 1.807) is 30.3 Å². The molecule has 6 nitrogen and oxygen atoms in total. The fourth-order valence-corrected chi connectivity index (χ4v) is 3.85. The maximum absolute atomic E-state index is 13.2. The van der Waals surface area contributed by atoms with Crippen LogP contribution in [0.5, 0.6) is 0 Å². The van der Waals surface area contributed by atoms with Crippen molar-refractivity contribution >= 4 is 17.4 Å². The van der Waals surface area contributed by atoms with Gasteiger partial charge < -0.3 is 15.5 Å². The third-order valence-corrected chi connectivity index (χ3v) is 5.64. The number of halogens is 1. The van der Waals surface area contributed by atoms with E-state index in [0.717, 1.165) is 30.9 Å². The smallest absolute Gasteiger partial charge is 0.251 e. The summed E-state index contributed by atoms with van der Waals surface area (Å²) in [6, 6.07) is 15.3. The summed E-state index contributed by atoms with van der Waals surface area (Å²) in [6.45, 7) is 3.81. The number of amides is 1. The highest BCUT2D eigenvalue weighted by Crippen LogP contribution is 2.21. The van der Waals surface area contributed by atoms with E-state index >= 15 is 0 Å². The number of aromatic nitrogens is 2. The second-order valence-corrected chi connectivity index (χ2v) is 8.01. The Labute approximate surface area is 187 Å². The first-order valence-corrected chi connectivity index (χ1v) is 11.1. The van der Waals surface area contributed by atoms with E-state index in [0.29, 0.717) is 23.6 Å². The van der Waals surface area contributed by atoms with Gasteiger partial charge in [0.05, 0.1) is 5.69 Å². The van der Waals surface area contributed by atoms with Crippen molar-refractivity contribution in [1.82, 2.24) is 20.2 Å². The van der Waals surface area contributed by atoms with Gasteiger partial charge in [0.15, 0.2) is 0 Å². The van der Waals surface area contributed by atoms with E-state index < -0.39 is 0 Å². The maximum Gasteiger partial charge on any atom is 0.251 e. The average molecular weight is 434 g/mol. The number of hydrogen-bond donors (Lipinski definition) is 2. The first-order chi connectivity index (χ1) is 15.7. The highest BCUT2D eigenvalue weighted by atomic mass is 19.1. The molecule has 0 saturated carbocycles. The summed E-state index contributed by atoms with van der Waals surface area (Å²) < 4.78 is 13.2. The lowest BCUT2D eigenvalue weighted by atomic mass is 10.1. The first kappa shape index (κ1) is 21.9. The van der Waals surface area contributed by atoms with Crippen molar-refractivity contribution < 1.29 is 9.18 Å². The van der Waals surface area contributed by atoms with Crippen molar-refractivity contribution in [1.29, 1.82) is 0 Å². The Hall–Kier alpha value is -3.32. The summed E-state index contributed by atoms with van der Waals surface area (Å²) in [5, 5.41) is 6.24. The molecule has 1 aliphatic rings. The Kier molecular flexibility index (Phi) is 7.40. The molecular formula is C25H28FN5O. The number of likely N-dealkylation sites (tertiary alicyclic amines) is 1. The average Bonchev–Trinajstić information content (AvgIpc) is 3.09. The summed E-state index contributed by atoms with van der Waals surface area (Å²) in [4.78, 5) is 23.4. The number of nitrogens with zero attached hydrogens (tertiary/aromatic N) is 3. The van der Waals surface area contributed by atoms with Crippen LogP contribution in [0.4, 0.5) is 15.9 Å². The van der Waals surface area contributed by atoms with Gasteiger partial charge in [-0.1, -0.05) is 12.8 Å². The van der Waals surface area contributed by atoms with Crippen LogP contribution in [0, 0.1) is 5.82 Å². The Balaban J connectivity index is 1.31. The third kappa shape index (κ3) is 6.11. The van der Waals surface area contributed by atoms with Crippen LogP contribution in [0.2, 0.25) is 0 Å². The molecule has 1 aliphatic heterocycles. The first-order valence-electron chi connectivity index (χ1n) is 11.1. The lowest BCUT2D eigenvalue weighted by molar-refractivity contribution is 0.0948. The van der Waals surface area contributed by atoms with Crippen molar-refractivity contribution in [3.05, 3.63) is 72.3 Å². The van der Waals surface area contributed by atoms with Crippen LogP contribution in [0.3, 0.4) is 0 Å². The lowest BCUT2D eigenvalue weighted by Crippen LogP contribution is -2.35. The fourth-order valence-electron chi connectivity index (χ4n) is 3.85. The molecule has 2 N–H and O–H groups in total. The molecule has 0 unspecified atom stereocenters. The maximum atomic E-state index is 13.2. The van der Waals surface area contributed by atoms with Crippen molar-refractivity contribution in [2.75, 3.05) is 31.5 Å². The van der Waals surface area contributed by atoms with Crippen molar-refractivity contribution in [2.24, 2.45) is 0 Å². The van der Waals surface area contributed by atoms with E-state index in [1.807, 2.05) is 12.1 Å². The SMILES string of the molecule is O=C(NCCN1CCCCCC1)c1ccc(Nc2cc(-c3ccc(F)cc3)ncn2)cc1. The van der Waals surface area contributed by atoms with Gasteiger partial charge in [-0.15, -0.1) is 0 Å². The molecule has 166 valence electrons. The minimum absolute atomic E-state index is 0.0630. The fraction of sp³-hybridized carbons (Fsp3) is 0.320. The summed E-state index contributed by atoms with van der Waals surface area (Å²) in [7, 11) is 0. The van der Waals surface area contributed by atoms with Gasteiger partial charge in [-0.05, 0) is 74.5 Å². The number of carbonyl (C=O) groups is 1. The summed E-state index contributed by atoms with van der Waals surface area (Å²) >= 11 is 0. The number of hydrogen-bond acceptors (Lipinski definition) is 5. The molecule has 0 spiro atoms. The normalized spacial score (nSPS) is 14.5. The third-order valence-electron chi connectivity index (χ3n) is 5.64. The molecule has 0 aliphatic carbocycles. The minimum Gasteiger partial charge on any atom is -0.351 e. The van der Waals surface area contributed by atoms with Crippen molar-refractivity contribution in [3.8, 4) is 11.3 Å². The van der Waals surface area contributed by atoms with Gasteiger partial charge >= 0.3 is 0 Å². The zero-order chi connectivity index (χ0) is 22.2. The van der Waals surface area contributed by atoms with Crippen LogP contribution in [0.15, 0.2) is 60.9 Å². The largest absolute Gasteiger partial charge is 0.351 e. The Bertz CT molecular complexity index is 1020. The van der Waals surface area contributed by atoms with Gasteiger partial charge in [0, 0.05) is 36.0 Å². The zero-order valence-corrected chi connectivity index (χ0v) is 18.1. The van der Waals surface area contributed by atoms with Crippen molar-refractivity contribution in [2.45, 2.75) is 25.7 Å². The highest BCUT2D eigenvalue weighted by Gasteiger charge is 2.10. The Morgan fingerprint density at radius 2 is 1.66 bits per heavy atom. The number of carbonyl (C=O) groups excluding carboxylic acids is 1. The van der Waals surface area contributed by atoms with E-state index in [2.05, 4.69) is 25.5 Å². The molecule has 2 heterocycles. The Morgan fingerprint density at radius 1 is 0.938 bits per heavy atom. The summed E-state index contributed by atoms with van der Waals surface area (Å²) in [5.74, 6) is 0.271. The molecule has 7 heteroatoms. The number of anilines is 2. The highest BCUT2D eigenvalue weighted by molar-refractivity contribution is 5.94. The molecular weight excluding hydrogens is 405 g/mol. The van der Waals surface area contributed by atoms with Gasteiger partial charge in [0.2, 0.25) is 0 Å². The van der Waals surface area contributed by atoms with Crippen LogP contribution < -0.4 is 10.6 Å². The van der Waals surface area contributed by atoms with Gasteiger partial charge in [-0.3, -0.25) is 4.79 Å². The van der Waals surface area contributed by atoms with E-state index in [4.69, 9.17) is 0 Å². The van der Waals surface area contributed by atoms with Crippen LogP contribution in [0.25, 0.3) is 11.3 Å². The van der Waals surface area contributed by atoms with Crippen LogP contribution in [-0.4, -0.2) is 47.0 Å². The standard InChI is InChI=1S/C25H28FN5O/c26-21-9-5-19(6-10-21)23-17-24(29-18-28-23)30-22-11-7-20(8-12-22)25(32)27-13-16-31-14-3-1-2-4-15-31/h5-12,17-18H,1-4,13-16H2,(H,27,32)(H,28,29,30). The molecule has 0 bridgehead atoms. The van der Waals surface area contributed by atoms with Gasteiger partial charge in [-0.25, -0.2) is 14.4 Å². The minimum atomic E-state index is -0.285. The van der Waals surface area contributed by atoms with Crippen LogP contribution >= 0.6 is 0 Å². The molecule has 1 saturated heterocycles. The summed E-state index contributed by atoms with van der Waals surface area (Å²) in [6.07, 6.45) is 6.59. The Morgan fingerprint density at radius 3 is 2.38 bits per heavy atom. The van der Waals surface area contributed by atoms with Gasteiger partial charge in [0.25, 0.3) is 5.91 Å². The van der Waals surface area contributed by atoms with E-state index in [-0.39, 0.29) is 11.7 Å². The van der Waals surface area contributed by atoms with E-state index in [1.165, 1.54) is 44.1 Å². The molecule has 4 rings (SSSR count). The van der Waals surface area contributed by atoms with Crippen LogP contribution in [0.1, 0.15) is 36.0 Å². The molecule has 3 aromatic rings. The predicted molar refractivity (Wildman–Crippen MR) is 124 cm³/mol. The lowest BCUT2D eigenvalue weighted by Gasteiger charge is -2.19. The molecule has 1 fully saturated rings. The molecule has 32 heavy (non-hydrogen) atoms. The summed E-state index contributed by atoms with van der Waals surface area (Å²) in [5.41, 5.74) is 2.95. The number of benzene rings is 2. The van der Waals surface area contributed by atoms with Gasteiger partial charge in [-0.2, -0.15) is 0 Å². The monoisotopic (exact) mass is 433 g/mol. The molecule has 1 aromatic heterocycles. The molecule has 1 amide bonds. The van der Waals surface area contributed by atoms with Crippen molar-refractivity contribution in [3.63, 3.8) is 0 Å².